The second kappa shape index (κ2) is 14.0. The smallest absolute Gasteiger partial charge is 0.255 e. The van der Waals surface area contributed by atoms with E-state index in [0.29, 0.717) is 11.5 Å². The van der Waals surface area contributed by atoms with Crippen LogP contribution < -0.4 is 16.0 Å². The van der Waals surface area contributed by atoms with Gasteiger partial charge in [-0.05, 0) is 60.6 Å². The van der Waals surface area contributed by atoms with E-state index in [2.05, 4.69) is 22.9 Å². The Hall–Kier alpha value is -3.31. The molecule has 206 valence electrons. The largest absolute Gasteiger partial charge is 0.394 e. The maximum atomic E-state index is 13.0. The van der Waals surface area contributed by atoms with Gasteiger partial charge in [0.2, 0.25) is 0 Å². The van der Waals surface area contributed by atoms with Gasteiger partial charge in [-0.15, -0.1) is 0 Å². The summed E-state index contributed by atoms with van der Waals surface area (Å²) in [5, 5.41) is 44.6. The molecular formula is C28H37N3O7. The van der Waals surface area contributed by atoms with E-state index < -0.39 is 43.1 Å². The minimum absolute atomic E-state index is 0.0441. The molecule has 1 fully saturated rings. The van der Waals surface area contributed by atoms with Crippen LogP contribution in [0.15, 0.2) is 42.5 Å². The molecule has 0 aliphatic heterocycles. The van der Waals surface area contributed by atoms with Crippen LogP contribution in [0.25, 0.3) is 0 Å². The first-order chi connectivity index (χ1) is 18.2. The van der Waals surface area contributed by atoms with Gasteiger partial charge < -0.3 is 36.4 Å². The molecule has 2 unspecified atom stereocenters. The number of anilines is 1. The first-order valence-electron chi connectivity index (χ1n) is 12.9. The van der Waals surface area contributed by atoms with Crippen LogP contribution in [0.1, 0.15) is 75.2 Å². The number of carbonyl (C=O) groups excluding carboxylic acids is 3. The van der Waals surface area contributed by atoms with E-state index in [4.69, 9.17) is 10.2 Å². The summed E-state index contributed by atoms with van der Waals surface area (Å²) in [6.07, 6.45) is 2.37. The molecule has 1 saturated carbocycles. The van der Waals surface area contributed by atoms with Crippen molar-refractivity contribution in [3.63, 3.8) is 0 Å². The molecule has 0 spiro atoms. The third-order valence-corrected chi connectivity index (χ3v) is 6.79. The van der Waals surface area contributed by atoms with Crippen molar-refractivity contribution >= 4 is 23.4 Å². The van der Waals surface area contributed by atoms with E-state index in [-0.39, 0.29) is 29.9 Å². The zero-order chi connectivity index (χ0) is 27.7. The number of rotatable bonds is 11. The summed E-state index contributed by atoms with van der Waals surface area (Å²) in [5.74, 6) is -0.411. The quantitative estimate of drug-likeness (QED) is 0.232. The van der Waals surface area contributed by atoms with Crippen LogP contribution in [0, 0.1) is 5.92 Å². The van der Waals surface area contributed by atoms with Crippen molar-refractivity contribution in [2.75, 3.05) is 31.6 Å². The Morgan fingerprint density at radius 3 is 1.74 bits per heavy atom. The first kappa shape index (κ1) is 29.2. The van der Waals surface area contributed by atoms with Gasteiger partial charge in [0.25, 0.3) is 17.7 Å². The molecule has 3 rings (SSSR count). The van der Waals surface area contributed by atoms with Crippen molar-refractivity contribution in [1.82, 2.24) is 10.6 Å². The van der Waals surface area contributed by atoms with Crippen LogP contribution in [0.4, 0.5) is 5.69 Å². The number of carbonyl (C=O) groups is 3. The molecule has 2 atom stereocenters. The highest BCUT2D eigenvalue weighted by Crippen LogP contribution is 2.35. The summed E-state index contributed by atoms with van der Waals surface area (Å²) in [6, 6.07) is 11.6. The normalized spacial score (nSPS) is 18.8. The minimum atomic E-state index is -1.15. The van der Waals surface area contributed by atoms with E-state index in [1.807, 2.05) is 12.1 Å². The van der Waals surface area contributed by atoms with Crippen molar-refractivity contribution in [2.24, 2.45) is 5.92 Å². The number of amides is 3. The fourth-order valence-electron chi connectivity index (χ4n) is 4.42. The van der Waals surface area contributed by atoms with Crippen LogP contribution in [0.3, 0.4) is 0 Å². The molecule has 1 aliphatic carbocycles. The molecule has 2 aromatic rings. The third kappa shape index (κ3) is 8.35. The fraction of sp³-hybridized carbons (Fsp3) is 0.464. The number of hydrogen-bond donors (Lipinski definition) is 7. The van der Waals surface area contributed by atoms with Gasteiger partial charge in [-0.25, -0.2) is 0 Å². The third-order valence-electron chi connectivity index (χ3n) is 6.79. The minimum Gasteiger partial charge on any atom is -0.394 e. The van der Waals surface area contributed by atoms with Crippen LogP contribution in [-0.4, -0.2) is 76.7 Å². The van der Waals surface area contributed by atoms with Gasteiger partial charge in [-0.1, -0.05) is 31.9 Å². The molecule has 1 aliphatic rings. The Kier molecular flexibility index (Phi) is 10.8. The lowest BCUT2D eigenvalue weighted by Gasteiger charge is -2.26. The maximum absolute atomic E-state index is 13.0. The number of hydrogen-bond acceptors (Lipinski definition) is 7. The van der Waals surface area contributed by atoms with E-state index in [0.717, 1.165) is 18.8 Å². The number of aliphatic hydroxyl groups excluding tert-OH is 4. The average molecular weight is 528 g/mol. The summed E-state index contributed by atoms with van der Waals surface area (Å²) in [6.45, 7) is 0.796. The van der Waals surface area contributed by atoms with Crippen molar-refractivity contribution in [1.29, 1.82) is 0 Å². The Balaban J connectivity index is 1.77. The van der Waals surface area contributed by atoms with Gasteiger partial charge in [0.15, 0.2) is 0 Å². The van der Waals surface area contributed by atoms with Crippen LogP contribution >= 0.6 is 0 Å². The van der Waals surface area contributed by atoms with Crippen molar-refractivity contribution in [3.8, 4) is 0 Å². The van der Waals surface area contributed by atoms with E-state index in [9.17, 15) is 24.6 Å². The molecule has 10 heteroatoms. The highest BCUT2D eigenvalue weighted by molar-refractivity contribution is 6.07. The fourth-order valence-corrected chi connectivity index (χ4v) is 4.42. The Morgan fingerprint density at radius 1 is 0.763 bits per heavy atom. The summed E-state index contributed by atoms with van der Waals surface area (Å²) in [5.41, 5.74) is 1.92. The number of aliphatic hydroxyl groups is 4. The second-order valence-electron chi connectivity index (χ2n) is 9.92. The summed E-state index contributed by atoms with van der Waals surface area (Å²) >= 11 is 0. The molecule has 3 amide bonds. The standard InChI is InChI=1S/C28H37N3O7/c1-17-2-4-18(5-3-17)19-6-8-20(9-7-19)28(38)31-23-11-21(26(36)29-13-24(34)15-32)10-22(12-23)27(37)30-14-25(35)16-33/h6-12,17-18,24-25,32-35H,2-5,13-16H2,1H3,(H,29,36)(H,30,37)(H,31,38). The van der Waals surface area contributed by atoms with Gasteiger partial charge in [0.1, 0.15) is 0 Å². The van der Waals surface area contributed by atoms with Gasteiger partial charge >= 0.3 is 0 Å². The van der Waals surface area contributed by atoms with Crippen LogP contribution in [-0.2, 0) is 0 Å². The molecule has 0 saturated heterocycles. The summed E-state index contributed by atoms with van der Waals surface area (Å²) in [4.78, 5) is 38.3. The monoisotopic (exact) mass is 527 g/mol. The van der Waals surface area contributed by atoms with E-state index >= 15 is 0 Å². The molecule has 0 radical (unpaired) electrons. The van der Waals surface area contributed by atoms with Crippen molar-refractivity contribution in [2.45, 2.75) is 50.7 Å². The molecule has 38 heavy (non-hydrogen) atoms. The van der Waals surface area contributed by atoms with Gasteiger partial charge in [-0.2, -0.15) is 0 Å². The van der Waals surface area contributed by atoms with Crippen molar-refractivity contribution < 1.29 is 34.8 Å². The topological polar surface area (TPSA) is 168 Å². The maximum Gasteiger partial charge on any atom is 0.255 e. The predicted molar refractivity (Wildman–Crippen MR) is 142 cm³/mol. The van der Waals surface area contributed by atoms with E-state index in [1.54, 1.807) is 12.1 Å². The van der Waals surface area contributed by atoms with Gasteiger partial charge in [-0.3, -0.25) is 14.4 Å². The molecule has 10 nitrogen and oxygen atoms in total. The van der Waals surface area contributed by atoms with Crippen LogP contribution in [0.2, 0.25) is 0 Å². The molecule has 2 aromatic carbocycles. The summed E-state index contributed by atoms with van der Waals surface area (Å²) in [7, 11) is 0. The first-order valence-corrected chi connectivity index (χ1v) is 12.9. The van der Waals surface area contributed by atoms with Crippen molar-refractivity contribution in [3.05, 3.63) is 64.7 Å². The second-order valence-corrected chi connectivity index (χ2v) is 9.92. The lowest BCUT2D eigenvalue weighted by molar-refractivity contribution is 0.0799. The number of nitrogens with one attached hydrogen (secondary N) is 3. The zero-order valence-electron chi connectivity index (χ0n) is 21.5. The lowest BCUT2D eigenvalue weighted by atomic mass is 9.79. The predicted octanol–water partition coefficient (Wildman–Crippen LogP) is 1.40. The molecule has 0 bridgehead atoms. The zero-order valence-corrected chi connectivity index (χ0v) is 21.5. The lowest BCUT2D eigenvalue weighted by Crippen LogP contribution is -2.35. The Morgan fingerprint density at radius 2 is 1.26 bits per heavy atom. The van der Waals surface area contributed by atoms with Gasteiger partial charge in [0.05, 0.1) is 25.4 Å². The Bertz CT molecular complexity index is 1050. The highest BCUT2D eigenvalue weighted by atomic mass is 16.3. The highest BCUT2D eigenvalue weighted by Gasteiger charge is 2.20. The van der Waals surface area contributed by atoms with Crippen LogP contribution in [0.5, 0.6) is 0 Å². The molecule has 0 aromatic heterocycles. The Labute approximate surface area is 222 Å². The summed E-state index contributed by atoms with van der Waals surface area (Å²) < 4.78 is 0. The molecule has 0 heterocycles. The SMILES string of the molecule is CC1CCC(c2ccc(C(=O)Nc3cc(C(=O)NCC(O)CO)cc(C(=O)NCC(O)CO)c3)cc2)CC1. The number of benzene rings is 2. The average Bonchev–Trinajstić information content (AvgIpc) is 2.94. The molecular weight excluding hydrogens is 490 g/mol. The van der Waals surface area contributed by atoms with Gasteiger partial charge in [0, 0.05) is 35.5 Å². The molecule has 7 N–H and O–H groups in total. The van der Waals surface area contributed by atoms with E-state index in [1.165, 1.54) is 36.6 Å².